The molecule has 0 aliphatic carbocycles. The minimum atomic E-state index is -1.05. The molecule has 2 saturated heterocycles. The van der Waals surface area contributed by atoms with E-state index >= 15 is 0 Å². The molecule has 0 spiro atoms. The van der Waals surface area contributed by atoms with E-state index in [4.69, 9.17) is 9.47 Å². The molecule has 3 aromatic rings. The molecule has 5 rings (SSSR count). The molecule has 1 aromatic heterocycles. The number of nitrogens with zero attached hydrogens (tertiary/aromatic N) is 1. The van der Waals surface area contributed by atoms with Crippen LogP contribution in [0, 0.1) is 17.8 Å². The number of H-pyrrole nitrogens is 1. The molecule has 7 nitrogen and oxygen atoms in total. The minimum Gasteiger partial charge on any atom is -0.468 e. The fourth-order valence-electron chi connectivity index (χ4n) is 5.59. The summed E-state index contributed by atoms with van der Waals surface area (Å²) in [7, 11) is 1.29. The highest BCUT2D eigenvalue weighted by atomic mass is 16.5. The Morgan fingerprint density at radius 1 is 1.09 bits per heavy atom. The van der Waals surface area contributed by atoms with Crippen molar-refractivity contribution >= 4 is 28.6 Å². The third kappa shape index (κ3) is 3.70. The monoisotopic (exact) mass is 460 g/mol. The maximum Gasteiger partial charge on any atom is 0.318 e. The third-order valence-electron chi connectivity index (χ3n) is 7.26. The van der Waals surface area contributed by atoms with Gasteiger partial charge in [0.05, 0.1) is 25.5 Å². The fourth-order valence-corrected chi connectivity index (χ4v) is 5.59. The van der Waals surface area contributed by atoms with Crippen LogP contribution in [-0.2, 0) is 19.1 Å². The summed E-state index contributed by atoms with van der Waals surface area (Å²) in [5.41, 5.74) is 2.31. The number of hydrogen-bond donors (Lipinski definition) is 1. The van der Waals surface area contributed by atoms with Gasteiger partial charge in [0.1, 0.15) is 12.1 Å². The van der Waals surface area contributed by atoms with Crippen LogP contribution in [0.4, 0.5) is 0 Å². The van der Waals surface area contributed by atoms with E-state index in [1.807, 2.05) is 67.6 Å². The summed E-state index contributed by atoms with van der Waals surface area (Å²) >= 11 is 0. The SMILES string of the molecule is CC[C@H]1[C@H](CC(=O)c2cc3ccccc3[nH]2)[C@@H](C(=O)OC)C(=O)N2[C@@H]1OC[C@H]2c1ccccc1. The van der Waals surface area contributed by atoms with Gasteiger partial charge in [0.25, 0.3) is 0 Å². The van der Waals surface area contributed by atoms with Crippen molar-refractivity contribution in [2.45, 2.75) is 32.0 Å². The number of hydrogen-bond acceptors (Lipinski definition) is 5. The summed E-state index contributed by atoms with van der Waals surface area (Å²) in [6, 6.07) is 18.9. The van der Waals surface area contributed by atoms with Crippen molar-refractivity contribution in [3.05, 3.63) is 71.9 Å². The van der Waals surface area contributed by atoms with E-state index in [9.17, 15) is 14.4 Å². The smallest absolute Gasteiger partial charge is 0.318 e. The van der Waals surface area contributed by atoms with E-state index in [-0.39, 0.29) is 30.1 Å². The number of amides is 1. The molecular formula is C27H28N2O5. The van der Waals surface area contributed by atoms with Gasteiger partial charge in [-0.05, 0) is 30.0 Å². The number of aromatic amines is 1. The van der Waals surface area contributed by atoms with Crippen molar-refractivity contribution in [1.29, 1.82) is 0 Å². The molecular weight excluding hydrogens is 432 g/mol. The summed E-state index contributed by atoms with van der Waals surface area (Å²) < 4.78 is 11.2. The van der Waals surface area contributed by atoms with Crippen LogP contribution in [0.5, 0.6) is 0 Å². The van der Waals surface area contributed by atoms with Crippen LogP contribution in [0.2, 0.25) is 0 Å². The zero-order valence-corrected chi connectivity index (χ0v) is 19.3. The van der Waals surface area contributed by atoms with Gasteiger partial charge in [0.15, 0.2) is 5.78 Å². The number of esters is 1. The maximum atomic E-state index is 13.7. The average Bonchev–Trinajstić information content (AvgIpc) is 3.50. The van der Waals surface area contributed by atoms with Crippen molar-refractivity contribution in [2.24, 2.45) is 17.8 Å². The van der Waals surface area contributed by atoms with Crippen LogP contribution in [0.25, 0.3) is 10.9 Å². The van der Waals surface area contributed by atoms with Gasteiger partial charge >= 0.3 is 5.97 Å². The van der Waals surface area contributed by atoms with Gasteiger partial charge in [-0.3, -0.25) is 14.4 Å². The van der Waals surface area contributed by atoms with Crippen molar-refractivity contribution < 1.29 is 23.9 Å². The molecule has 176 valence electrons. The molecule has 2 aliphatic heterocycles. The van der Waals surface area contributed by atoms with Crippen LogP contribution in [0.3, 0.4) is 0 Å². The largest absolute Gasteiger partial charge is 0.468 e. The second kappa shape index (κ2) is 9.06. The Hall–Kier alpha value is -3.45. The molecule has 7 heteroatoms. The number of piperidine rings is 1. The van der Waals surface area contributed by atoms with Gasteiger partial charge in [-0.2, -0.15) is 0 Å². The molecule has 0 saturated carbocycles. The molecule has 1 amide bonds. The van der Waals surface area contributed by atoms with E-state index in [1.54, 1.807) is 4.90 Å². The van der Waals surface area contributed by atoms with E-state index in [2.05, 4.69) is 4.98 Å². The lowest BCUT2D eigenvalue weighted by atomic mass is 9.71. The fraction of sp³-hybridized carbons (Fsp3) is 0.370. The lowest BCUT2D eigenvalue weighted by Gasteiger charge is -2.45. The summed E-state index contributed by atoms with van der Waals surface area (Å²) in [5.74, 6) is -2.80. The normalized spacial score (nSPS) is 26.5. The highest BCUT2D eigenvalue weighted by molar-refractivity contribution is 6.02. The molecule has 2 fully saturated rings. The number of aromatic nitrogens is 1. The van der Waals surface area contributed by atoms with Gasteiger partial charge in [0.2, 0.25) is 5.91 Å². The number of rotatable bonds is 6. The number of nitrogens with one attached hydrogen (secondary N) is 1. The quantitative estimate of drug-likeness (QED) is 0.340. The van der Waals surface area contributed by atoms with Crippen LogP contribution in [-0.4, -0.2) is 47.5 Å². The number of methoxy groups -OCH3 is 1. The topological polar surface area (TPSA) is 88.7 Å². The third-order valence-corrected chi connectivity index (χ3v) is 7.26. The predicted molar refractivity (Wildman–Crippen MR) is 126 cm³/mol. The Kier molecular flexibility index (Phi) is 5.96. The molecule has 0 radical (unpaired) electrons. The lowest BCUT2D eigenvalue weighted by Crippen LogP contribution is -2.57. The van der Waals surface area contributed by atoms with Crippen LogP contribution in [0.15, 0.2) is 60.7 Å². The maximum absolute atomic E-state index is 13.7. The number of Topliss-reactive ketones (excluding diaryl/α,β-unsaturated/α-hetero) is 1. The van der Waals surface area contributed by atoms with E-state index < -0.39 is 24.0 Å². The molecule has 34 heavy (non-hydrogen) atoms. The van der Waals surface area contributed by atoms with Crippen molar-refractivity contribution in [1.82, 2.24) is 9.88 Å². The van der Waals surface area contributed by atoms with Crippen LogP contribution < -0.4 is 0 Å². The molecule has 1 N–H and O–H groups in total. The van der Waals surface area contributed by atoms with Gasteiger partial charge in [-0.25, -0.2) is 0 Å². The number of carbonyl (C=O) groups is 3. The summed E-state index contributed by atoms with van der Waals surface area (Å²) in [4.78, 5) is 44.9. The van der Waals surface area contributed by atoms with Gasteiger partial charge in [-0.1, -0.05) is 55.5 Å². The Bertz CT molecular complexity index is 1190. The molecule has 0 bridgehead atoms. The molecule has 3 heterocycles. The number of fused-ring (bicyclic) bond motifs is 2. The van der Waals surface area contributed by atoms with E-state index in [1.165, 1.54) is 7.11 Å². The highest BCUT2D eigenvalue weighted by Gasteiger charge is 2.56. The number of ether oxygens (including phenoxy) is 2. The Balaban J connectivity index is 1.48. The van der Waals surface area contributed by atoms with Crippen LogP contribution in [0.1, 0.15) is 41.9 Å². The number of para-hydroxylation sites is 1. The molecule has 0 unspecified atom stereocenters. The molecule has 2 aromatic carbocycles. The first kappa shape index (κ1) is 22.3. The Morgan fingerprint density at radius 2 is 1.82 bits per heavy atom. The first-order valence-corrected chi connectivity index (χ1v) is 11.7. The predicted octanol–water partition coefficient (Wildman–Crippen LogP) is 4.11. The zero-order valence-electron chi connectivity index (χ0n) is 19.3. The summed E-state index contributed by atoms with van der Waals surface area (Å²) in [5, 5.41) is 0.943. The molecule has 5 atom stereocenters. The lowest BCUT2D eigenvalue weighted by molar-refractivity contribution is -0.174. The first-order chi connectivity index (χ1) is 16.5. The first-order valence-electron chi connectivity index (χ1n) is 11.7. The number of benzene rings is 2. The van der Waals surface area contributed by atoms with Gasteiger partial charge < -0.3 is 19.4 Å². The Morgan fingerprint density at radius 3 is 2.53 bits per heavy atom. The average molecular weight is 461 g/mol. The van der Waals surface area contributed by atoms with E-state index in [0.717, 1.165) is 16.5 Å². The summed E-state index contributed by atoms with van der Waals surface area (Å²) in [6.07, 6.45) is 0.235. The van der Waals surface area contributed by atoms with Crippen LogP contribution >= 0.6 is 0 Å². The second-order valence-electron chi connectivity index (χ2n) is 9.03. The minimum absolute atomic E-state index is 0.0561. The zero-order chi connectivity index (χ0) is 23.8. The van der Waals surface area contributed by atoms with Gasteiger partial charge in [0, 0.05) is 23.2 Å². The number of ketones is 1. The van der Waals surface area contributed by atoms with Crippen molar-refractivity contribution in [3.8, 4) is 0 Å². The standard InChI is InChI=1S/C27H28N2O5/c1-3-18-19(14-23(30)21-13-17-11-7-8-12-20(17)28-21)24(27(32)33-2)25(31)29-22(15-34-26(18)29)16-9-5-4-6-10-16/h4-13,18-19,22,24,26,28H,3,14-15H2,1-2H3/t18-,19-,22-,24+,26+/m0/s1. The van der Waals surface area contributed by atoms with Crippen molar-refractivity contribution in [2.75, 3.05) is 13.7 Å². The molecule has 2 aliphatic rings. The Labute approximate surface area is 198 Å². The van der Waals surface area contributed by atoms with E-state index in [0.29, 0.717) is 18.7 Å². The van der Waals surface area contributed by atoms with Crippen molar-refractivity contribution in [3.63, 3.8) is 0 Å². The second-order valence-corrected chi connectivity index (χ2v) is 9.03. The summed E-state index contributed by atoms with van der Waals surface area (Å²) in [6.45, 7) is 2.36. The van der Waals surface area contributed by atoms with Gasteiger partial charge in [-0.15, -0.1) is 0 Å². The number of carbonyl (C=O) groups excluding carboxylic acids is 3. The highest BCUT2D eigenvalue weighted by Crippen LogP contribution is 2.46.